The topological polar surface area (TPSA) is 41.7 Å². The van der Waals surface area contributed by atoms with Crippen LogP contribution in [0.25, 0.3) is 58.8 Å². The number of hydrogen-bond donors (Lipinski definition) is 1. The van der Waals surface area contributed by atoms with Gasteiger partial charge in [-0.05, 0) is 71.3 Å². The Morgan fingerprint density at radius 2 is 1.18 bits per heavy atom. The van der Waals surface area contributed by atoms with Crippen molar-refractivity contribution in [3.05, 3.63) is 187 Å². The number of thiophene rings is 1. The van der Waals surface area contributed by atoms with Crippen molar-refractivity contribution in [3.8, 4) is 16.8 Å². The van der Waals surface area contributed by atoms with Crippen molar-refractivity contribution < 1.29 is 0 Å². The van der Waals surface area contributed by atoms with E-state index in [0.29, 0.717) is 5.84 Å². The van der Waals surface area contributed by atoms with Gasteiger partial charge in [0.25, 0.3) is 0 Å². The van der Waals surface area contributed by atoms with Crippen LogP contribution in [-0.4, -0.2) is 16.2 Å². The highest BCUT2D eigenvalue weighted by atomic mass is 32.1. The van der Waals surface area contributed by atoms with Crippen LogP contribution in [0, 0.1) is 0 Å². The molecule has 50 heavy (non-hydrogen) atoms. The molecule has 7 aromatic carbocycles. The molecule has 1 N–H and O–H groups in total. The Balaban J connectivity index is 1.08. The minimum atomic E-state index is -0.264. The molecule has 0 amide bonds. The fourth-order valence-electron chi connectivity index (χ4n) is 7.23. The SMILES string of the molecule is c1ccc(-c2cccc(C3=NC(c4ccc(-n5c6ccccc6c6cc7c(cc65)sc5ccccc57)cc4)=NC(c4ccccc4)N3)c2)cc1. The average molecular weight is 659 g/mol. The molecule has 2 aromatic heterocycles. The first-order chi connectivity index (χ1) is 24.8. The molecule has 0 saturated carbocycles. The molecule has 5 heteroatoms. The third-order valence-corrected chi connectivity index (χ3v) is 10.8. The van der Waals surface area contributed by atoms with Crippen molar-refractivity contribution in [2.45, 2.75) is 6.17 Å². The second kappa shape index (κ2) is 11.7. The number of hydrogen-bond acceptors (Lipinski definition) is 4. The smallest absolute Gasteiger partial charge is 0.159 e. The van der Waals surface area contributed by atoms with Gasteiger partial charge in [-0.3, -0.25) is 0 Å². The highest BCUT2D eigenvalue weighted by molar-refractivity contribution is 7.25. The number of benzene rings is 7. The first-order valence-corrected chi connectivity index (χ1v) is 17.7. The number of aromatic nitrogens is 1. The van der Waals surface area contributed by atoms with E-state index >= 15 is 0 Å². The molecule has 1 aliphatic heterocycles. The summed E-state index contributed by atoms with van der Waals surface area (Å²) >= 11 is 1.86. The molecule has 9 aromatic rings. The van der Waals surface area contributed by atoms with E-state index in [9.17, 15) is 0 Å². The lowest BCUT2D eigenvalue weighted by Crippen LogP contribution is -2.33. The predicted molar refractivity (Wildman–Crippen MR) is 211 cm³/mol. The Kier molecular flexibility index (Phi) is 6.71. The summed E-state index contributed by atoms with van der Waals surface area (Å²) in [6.45, 7) is 0. The van der Waals surface area contributed by atoms with Crippen molar-refractivity contribution >= 4 is 65.0 Å². The minimum absolute atomic E-state index is 0.264. The molecule has 236 valence electrons. The Hall–Kier alpha value is -6.30. The summed E-state index contributed by atoms with van der Waals surface area (Å²) < 4.78 is 5.01. The molecule has 1 unspecified atom stereocenters. The van der Waals surface area contributed by atoms with Crippen LogP contribution in [0.3, 0.4) is 0 Å². The molecule has 0 spiro atoms. The predicted octanol–water partition coefficient (Wildman–Crippen LogP) is 11.3. The van der Waals surface area contributed by atoms with E-state index in [-0.39, 0.29) is 6.17 Å². The van der Waals surface area contributed by atoms with Gasteiger partial charge >= 0.3 is 0 Å². The van der Waals surface area contributed by atoms with Gasteiger partial charge in [0.2, 0.25) is 0 Å². The van der Waals surface area contributed by atoms with Crippen LogP contribution in [0.2, 0.25) is 0 Å². The van der Waals surface area contributed by atoms with Gasteiger partial charge in [-0.1, -0.05) is 115 Å². The zero-order chi connectivity index (χ0) is 33.0. The summed E-state index contributed by atoms with van der Waals surface area (Å²) in [6, 6.07) is 60.3. The first kappa shape index (κ1) is 28.7. The summed E-state index contributed by atoms with van der Waals surface area (Å²) in [6.07, 6.45) is -0.264. The van der Waals surface area contributed by atoms with Crippen LogP contribution in [-0.2, 0) is 0 Å². The van der Waals surface area contributed by atoms with Crippen LogP contribution < -0.4 is 5.32 Å². The number of amidine groups is 2. The van der Waals surface area contributed by atoms with E-state index in [1.807, 2.05) is 23.5 Å². The summed E-state index contributed by atoms with van der Waals surface area (Å²) in [5.41, 5.74) is 8.92. The summed E-state index contributed by atoms with van der Waals surface area (Å²) in [4.78, 5) is 10.3. The van der Waals surface area contributed by atoms with Crippen molar-refractivity contribution in [2.24, 2.45) is 9.98 Å². The molecule has 0 fully saturated rings. The minimum Gasteiger partial charge on any atom is -0.344 e. The maximum absolute atomic E-state index is 5.14. The fourth-order valence-corrected chi connectivity index (χ4v) is 8.35. The zero-order valence-electron chi connectivity index (χ0n) is 27.0. The molecule has 0 saturated heterocycles. The number of fused-ring (bicyclic) bond motifs is 6. The van der Waals surface area contributed by atoms with E-state index in [2.05, 4.69) is 168 Å². The highest BCUT2D eigenvalue weighted by Crippen LogP contribution is 2.40. The van der Waals surface area contributed by atoms with Crippen molar-refractivity contribution in [3.63, 3.8) is 0 Å². The molecule has 3 heterocycles. The lowest BCUT2D eigenvalue weighted by atomic mass is 10.0. The van der Waals surface area contributed by atoms with E-state index in [0.717, 1.165) is 33.8 Å². The van der Waals surface area contributed by atoms with E-state index in [1.54, 1.807) is 0 Å². The molecule has 1 atom stereocenters. The van der Waals surface area contributed by atoms with E-state index in [4.69, 9.17) is 9.98 Å². The summed E-state index contributed by atoms with van der Waals surface area (Å²) in [5, 5.41) is 8.78. The van der Waals surface area contributed by atoms with Crippen molar-refractivity contribution in [1.82, 2.24) is 9.88 Å². The van der Waals surface area contributed by atoms with Crippen LogP contribution in [0.5, 0.6) is 0 Å². The maximum Gasteiger partial charge on any atom is 0.159 e. The number of aliphatic imine (C=N–C) groups is 2. The summed E-state index contributed by atoms with van der Waals surface area (Å²) in [7, 11) is 0. The molecular weight excluding hydrogens is 629 g/mol. The largest absolute Gasteiger partial charge is 0.344 e. The van der Waals surface area contributed by atoms with Gasteiger partial charge in [0.05, 0.1) is 11.0 Å². The van der Waals surface area contributed by atoms with Crippen LogP contribution in [0.4, 0.5) is 0 Å². The van der Waals surface area contributed by atoms with Gasteiger partial charge in [0, 0.05) is 47.8 Å². The van der Waals surface area contributed by atoms with E-state index < -0.39 is 0 Å². The normalized spacial score (nSPS) is 14.6. The standard InChI is InChI=1S/C45H30N4S/c1-3-12-29(13-4-1)32-16-11-17-33(26-32)45-47-43(30-14-5-2-6-15-30)46-44(48-45)31-22-24-34(25-23-31)49-39-20-9-7-18-35(39)37-27-38-36-19-8-10-21-41(36)50-42(38)28-40(37)49/h1-28,43H,(H,46,47,48). The Labute approximate surface area is 293 Å². The monoisotopic (exact) mass is 658 g/mol. The van der Waals surface area contributed by atoms with Gasteiger partial charge < -0.3 is 9.88 Å². The lowest BCUT2D eigenvalue weighted by molar-refractivity contribution is 0.674. The molecular formula is C45H30N4S. The third-order valence-electron chi connectivity index (χ3n) is 9.66. The molecule has 10 rings (SSSR count). The summed E-state index contributed by atoms with van der Waals surface area (Å²) in [5.74, 6) is 1.51. The molecule has 4 nitrogen and oxygen atoms in total. The van der Waals surface area contributed by atoms with Gasteiger partial charge in [-0.2, -0.15) is 0 Å². The van der Waals surface area contributed by atoms with E-state index in [1.165, 1.54) is 47.5 Å². The van der Waals surface area contributed by atoms with Gasteiger partial charge in [-0.15, -0.1) is 11.3 Å². The molecule has 0 bridgehead atoms. The Morgan fingerprint density at radius 1 is 0.480 bits per heavy atom. The Bertz CT molecular complexity index is 2770. The van der Waals surface area contributed by atoms with Gasteiger partial charge in [0.1, 0.15) is 12.0 Å². The number of nitrogens with zero attached hydrogens (tertiary/aromatic N) is 3. The van der Waals surface area contributed by atoms with Crippen molar-refractivity contribution in [1.29, 1.82) is 0 Å². The molecule has 0 radical (unpaired) electrons. The fraction of sp³-hybridized carbons (Fsp3) is 0.0222. The maximum atomic E-state index is 5.14. The zero-order valence-corrected chi connectivity index (χ0v) is 27.8. The third kappa shape index (κ3) is 4.82. The number of rotatable bonds is 5. The highest BCUT2D eigenvalue weighted by Gasteiger charge is 2.22. The van der Waals surface area contributed by atoms with Crippen LogP contribution >= 0.6 is 11.3 Å². The van der Waals surface area contributed by atoms with Crippen LogP contribution in [0.1, 0.15) is 22.9 Å². The quantitative estimate of drug-likeness (QED) is 0.196. The molecule has 0 aliphatic carbocycles. The van der Waals surface area contributed by atoms with Gasteiger partial charge in [0.15, 0.2) is 5.84 Å². The second-order valence-electron chi connectivity index (χ2n) is 12.7. The Morgan fingerprint density at radius 3 is 2.02 bits per heavy atom. The second-order valence-corrected chi connectivity index (χ2v) is 13.8. The lowest BCUT2D eigenvalue weighted by Gasteiger charge is -2.24. The average Bonchev–Trinajstić information content (AvgIpc) is 3.72. The first-order valence-electron chi connectivity index (χ1n) is 16.9. The van der Waals surface area contributed by atoms with Crippen LogP contribution in [0.15, 0.2) is 180 Å². The molecule has 1 aliphatic rings. The number of para-hydroxylation sites is 1. The number of nitrogens with one attached hydrogen (secondary N) is 1. The van der Waals surface area contributed by atoms with Gasteiger partial charge in [-0.25, -0.2) is 9.98 Å². The van der Waals surface area contributed by atoms with Crippen molar-refractivity contribution in [2.75, 3.05) is 0 Å².